The van der Waals surface area contributed by atoms with Crippen LogP contribution >= 0.6 is 0 Å². The van der Waals surface area contributed by atoms with E-state index in [1.165, 1.54) is 12.1 Å². The summed E-state index contributed by atoms with van der Waals surface area (Å²) in [7, 11) is -1.78. The van der Waals surface area contributed by atoms with Crippen molar-refractivity contribution in [3.05, 3.63) is 35.1 Å². The molecule has 0 fully saturated rings. The van der Waals surface area contributed by atoms with Crippen LogP contribution in [0.2, 0.25) is 19.6 Å². The second-order valence-corrected chi connectivity index (χ2v) is 9.20. The van der Waals surface area contributed by atoms with Crippen molar-refractivity contribution >= 4 is 8.32 Å². The Hall–Kier alpha value is -1.18. The predicted octanol–water partition coefficient (Wildman–Crippen LogP) is 3.55. The third-order valence-corrected chi connectivity index (χ3v) is 3.05. The highest BCUT2D eigenvalue weighted by Crippen LogP contribution is 2.24. The number of aryl methyl sites for hydroxylation is 1. The van der Waals surface area contributed by atoms with Gasteiger partial charge in [-0.25, -0.2) is 4.39 Å². The molecule has 0 aliphatic rings. The molecule has 0 spiro atoms. The smallest absolute Gasteiger partial charge is 0.186 e. The number of halogens is 1. The van der Waals surface area contributed by atoms with Gasteiger partial charge in [0.25, 0.3) is 0 Å². The molecule has 1 atom stereocenters. The average molecular weight is 237 g/mol. The van der Waals surface area contributed by atoms with Crippen LogP contribution in [0, 0.1) is 24.1 Å². The van der Waals surface area contributed by atoms with E-state index in [-0.39, 0.29) is 5.82 Å². The van der Waals surface area contributed by atoms with Crippen molar-refractivity contribution in [2.24, 2.45) is 0 Å². The van der Waals surface area contributed by atoms with Gasteiger partial charge >= 0.3 is 0 Å². The van der Waals surface area contributed by atoms with E-state index in [9.17, 15) is 4.39 Å². The first-order valence-corrected chi connectivity index (χ1v) is 8.58. The van der Waals surface area contributed by atoms with Gasteiger partial charge in [0.15, 0.2) is 14.4 Å². The molecule has 0 heterocycles. The van der Waals surface area contributed by atoms with Gasteiger partial charge in [-0.05, 0) is 49.8 Å². The van der Waals surface area contributed by atoms with E-state index in [2.05, 4.69) is 6.07 Å². The highest BCUT2D eigenvalue weighted by Gasteiger charge is 2.23. The highest BCUT2D eigenvalue weighted by atomic mass is 28.4. The van der Waals surface area contributed by atoms with Crippen molar-refractivity contribution in [3.63, 3.8) is 0 Å². The monoisotopic (exact) mass is 237 g/mol. The van der Waals surface area contributed by atoms with Crippen LogP contribution in [0.3, 0.4) is 0 Å². The van der Waals surface area contributed by atoms with Crippen LogP contribution in [-0.2, 0) is 4.43 Å². The predicted molar refractivity (Wildman–Crippen MR) is 63.9 cm³/mol. The summed E-state index contributed by atoms with van der Waals surface area (Å²) in [6.45, 7) is 7.86. The minimum Gasteiger partial charge on any atom is -0.399 e. The number of nitrogens with zero attached hydrogens (tertiary/aromatic N) is 1. The fraction of sp³-hybridized carbons (Fsp3) is 0.417. The number of hydrogen-bond donors (Lipinski definition) is 0. The van der Waals surface area contributed by atoms with Gasteiger partial charge in [0.05, 0.1) is 6.07 Å². The Bertz CT molecular complexity index is 420. The van der Waals surface area contributed by atoms with Crippen molar-refractivity contribution < 1.29 is 8.82 Å². The molecule has 0 aromatic heterocycles. The molecule has 1 unspecified atom stereocenters. The molecule has 0 radical (unpaired) electrons. The normalized spacial score (nSPS) is 13.2. The van der Waals surface area contributed by atoms with Gasteiger partial charge in [-0.3, -0.25) is 0 Å². The number of hydrogen-bond acceptors (Lipinski definition) is 2. The molecule has 86 valence electrons. The fourth-order valence-electron chi connectivity index (χ4n) is 1.45. The van der Waals surface area contributed by atoms with E-state index >= 15 is 0 Å². The number of nitriles is 1. The molecule has 1 aromatic rings. The van der Waals surface area contributed by atoms with E-state index in [4.69, 9.17) is 9.69 Å². The quantitative estimate of drug-likeness (QED) is 0.753. The Morgan fingerprint density at radius 3 is 2.44 bits per heavy atom. The minimum absolute atomic E-state index is 0.286. The van der Waals surface area contributed by atoms with Crippen molar-refractivity contribution in [1.82, 2.24) is 0 Å². The first-order chi connectivity index (χ1) is 7.33. The summed E-state index contributed by atoms with van der Waals surface area (Å²) in [6, 6.07) is 6.53. The fourth-order valence-corrected chi connectivity index (χ4v) is 2.33. The topological polar surface area (TPSA) is 33.0 Å². The summed E-state index contributed by atoms with van der Waals surface area (Å²) in [5, 5.41) is 9.09. The molecule has 0 saturated carbocycles. The highest BCUT2D eigenvalue weighted by molar-refractivity contribution is 6.69. The molecular formula is C12H16FNOSi. The lowest BCUT2D eigenvalue weighted by Gasteiger charge is -2.22. The maximum absolute atomic E-state index is 12.9. The summed E-state index contributed by atoms with van der Waals surface area (Å²) in [6.07, 6.45) is -0.590. The molecule has 0 bridgehead atoms. The van der Waals surface area contributed by atoms with Crippen molar-refractivity contribution in [1.29, 1.82) is 5.26 Å². The van der Waals surface area contributed by atoms with E-state index < -0.39 is 14.4 Å². The number of benzene rings is 1. The Labute approximate surface area is 96.8 Å². The van der Waals surface area contributed by atoms with E-state index in [0.717, 1.165) is 11.1 Å². The first-order valence-electron chi connectivity index (χ1n) is 5.17. The molecule has 0 saturated heterocycles. The van der Waals surface area contributed by atoms with Gasteiger partial charge in [-0.1, -0.05) is 6.07 Å². The maximum atomic E-state index is 12.9. The van der Waals surface area contributed by atoms with Gasteiger partial charge < -0.3 is 4.43 Å². The summed E-state index contributed by atoms with van der Waals surface area (Å²) in [4.78, 5) is 0. The van der Waals surface area contributed by atoms with Gasteiger partial charge in [0, 0.05) is 0 Å². The zero-order valence-corrected chi connectivity index (χ0v) is 11.0. The minimum atomic E-state index is -1.78. The Morgan fingerprint density at radius 2 is 2.00 bits per heavy atom. The second-order valence-electron chi connectivity index (χ2n) is 4.74. The van der Waals surface area contributed by atoms with Gasteiger partial charge in [0.1, 0.15) is 5.82 Å². The standard InChI is InChI=1S/C12H16FNOSi/c1-9-7-10(13)5-6-11(9)12(8-14)15-16(2,3)4/h5-7,12H,1-4H3. The van der Waals surface area contributed by atoms with E-state index in [1.54, 1.807) is 13.0 Å². The van der Waals surface area contributed by atoms with Crippen LogP contribution in [0.5, 0.6) is 0 Å². The van der Waals surface area contributed by atoms with Crippen LogP contribution in [0.1, 0.15) is 17.2 Å². The maximum Gasteiger partial charge on any atom is 0.186 e. The van der Waals surface area contributed by atoms with Gasteiger partial charge in [-0.15, -0.1) is 0 Å². The Kier molecular flexibility index (Phi) is 3.84. The van der Waals surface area contributed by atoms with Crippen LogP contribution in [0.25, 0.3) is 0 Å². The molecule has 16 heavy (non-hydrogen) atoms. The van der Waals surface area contributed by atoms with Crippen LogP contribution in [0.15, 0.2) is 18.2 Å². The van der Waals surface area contributed by atoms with Crippen molar-refractivity contribution in [2.75, 3.05) is 0 Å². The third kappa shape index (κ3) is 3.44. The average Bonchev–Trinajstić information content (AvgIpc) is 2.13. The van der Waals surface area contributed by atoms with Crippen LogP contribution in [-0.4, -0.2) is 8.32 Å². The SMILES string of the molecule is Cc1cc(F)ccc1C(C#N)O[Si](C)(C)C. The van der Waals surface area contributed by atoms with Gasteiger partial charge in [0.2, 0.25) is 0 Å². The molecule has 0 aliphatic heterocycles. The molecule has 1 rings (SSSR count). The Morgan fingerprint density at radius 1 is 1.38 bits per heavy atom. The van der Waals surface area contributed by atoms with Gasteiger partial charge in [-0.2, -0.15) is 5.26 Å². The van der Waals surface area contributed by atoms with Crippen LogP contribution in [0.4, 0.5) is 4.39 Å². The van der Waals surface area contributed by atoms with Crippen molar-refractivity contribution in [3.8, 4) is 6.07 Å². The molecule has 0 amide bonds. The van der Waals surface area contributed by atoms with E-state index in [1.807, 2.05) is 19.6 Å². The second kappa shape index (κ2) is 4.77. The number of rotatable bonds is 3. The van der Waals surface area contributed by atoms with Crippen LogP contribution < -0.4 is 0 Å². The largest absolute Gasteiger partial charge is 0.399 e. The lowest BCUT2D eigenvalue weighted by atomic mass is 10.0. The zero-order chi connectivity index (χ0) is 12.3. The molecule has 0 aliphatic carbocycles. The summed E-state index contributed by atoms with van der Waals surface area (Å²) in [5.74, 6) is -0.286. The third-order valence-electron chi connectivity index (χ3n) is 2.10. The summed E-state index contributed by atoms with van der Waals surface area (Å²) < 4.78 is 18.7. The lowest BCUT2D eigenvalue weighted by Crippen LogP contribution is -2.27. The molecule has 4 heteroatoms. The molecular weight excluding hydrogens is 221 g/mol. The Balaban J connectivity index is 3.01. The van der Waals surface area contributed by atoms with E-state index in [0.29, 0.717) is 0 Å². The lowest BCUT2D eigenvalue weighted by molar-refractivity contribution is 0.254. The first kappa shape index (κ1) is 12.9. The molecule has 0 N–H and O–H groups in total. The zero-order valence-electron chi connectivity index (χ0n) is 10.0. The molecule has 1 aromatic carbocycles. The summed E-state index contributed by atoms with van der Waals surface area (Å²) >= 11 is 0. The summed E-state index contributed by atoms with van der Waals surface area (Å²) in [5.41, 5.74) is 1.51. The molecule has 2 nitrogen and oxygen atoms in total. The van der Waals surface area contributed by atoms with Crippen molar-refractivity contribution in [2.45, 2.75) is 32.7 Å².